The van der Waals surface area contributed by atoms with E-state index in [0.29, 0.717) is 18.8 Å². The van der Waals surface area contributed by atoms with E-state index in [2.05, 4.69) is 10.9 Å². The van der Waals surface area contributed by atoms with Crippen LogP contribution in [0.15, 0.2) is 47.4 Å². The van der Waals surface area contributed by atoms with Gasteiger partial charge in [0, 0.05) is 38.3 Å². The first-order valence-corrected chi connectivity index (χ1v) is 10.8. The van der Waals surface area contributed by atoms with E-state index in [9.17, 15) is 22.4 Å². The molecule has 1 heterocycles. The van der Waals surface area contributed by atoms with Crippen LogP contribution in [0.1, 0.15) is 33.6 Å². The molecule has 30 heavy (non-hydrogen) atoms. The minimum atomic E-state index is -3.66. The highest BCUT2D eigenvalue weighted by molar-refractivity contribution is 7.89. The number of sulfonamides is 1. The number of hydrazine groups is 1. The monoisotopic (exact) mass is 434 g/mol. The molecule has 0 aliphatic carbocycles. The summed E-state index contributed by atoms with van der Waals surface area (Å²) in [7, 11) is -0.311. The number of nitrogens with zero attached hydrogens (tertiary/aromatic N) is 2. The molecule has 0 saturated carbocycles. The normalized spacial score (nSPS) is 14.4. The molecular weight excluding hydrogens is 411 g/mol. The van der Waals surface area contributed by atoms with Crippen molar-refractivity contribution in [3.05, 3.63) is 59.4 Å². The van der Waals surface area contributed by atoms with Gasteiger partial charge in [0.1, 0.15) is 5.82 Å². The Morgan fingerprint density at radius 1 is 0.967 bits per heavy atom. The largest absolute Gasteiger partial charge is 0.375 e. The minimum Gasteiger partial charge on any atom is -0.375 e. The first-order chi connectivity index (χ1) is 14.2. The smallest absolute Gasteiger partial charge is 0.269 e. The first-order valence-electron chi connectivity index (χ1n) is 9.38. The van der Waals surface area contributed by atoms with Crippen LogP contribution in [0, 0.1) is 5.82 Å². The summed E-state index contributed by atoms with van der Waals surface area (Å²) in [4.78, 5) is 26.2. The van der Waals surface area contributed by atoms with Gasteiger partial charge in [-0.25, -0.2) is 12.8 Å². The number of carbonyl (C=O) groups is 2. The van der Waals surface area contributed by atoms with E-state index in [0.717, 1.165) is 18.9 Å². The molecule has 1 saturated heterocycles. The Morgan fingerprint density at radius 3 is 2.13 bits per heavy atom. The van der Waals surface area contributed by atoms with E-state index < -0.39 is 27.7 Å². The molecule has 3 rings (SSSR count). The zero-order valence-electron chi connectivity index (χ0n) is 16.7. The maximum absolute atomic E-state index is 14.0. The van der Waals surface area contributed by atoms with E-state index in [1.54, 1.807) is 19.0 Å². The third-order valence-electron chi connectivity index (χ3n) is 4.78. The molecule has 10 heteroatoms. The van der Waals surface area contributed by atoms with Gasteiger partial charge < -0.3 is 4.90 Å². The lowest BCUT2D eigenvalue weighted by molar-refractivity contribution is 0.0846. The molecule has 2 aromatic rings. The number of halogens is 1. The number of anilines is 1. The third kappa shape index (κ3) is 4.60. The standard InChI is InChI=1S/C20H23FN4O4S/c1-24(2)18-9-8-15(13-17(18)21)20(27)23-22-19(26)14-6-5-7-16(12-14)30(28,29)25-10-3-4-11-25/h5-9,12-13H,3-4,10-11H2,1-2H3,(H,22,26)(H,23,27). The number of carbonyl (C=O) groups excluding carboxylic acids is 2. The molecule has 0 unspecified atom stereocenters. The fourth-order valence-electron chi connectivity index (χ4n) is 3.14. The lowest BCUT2D eigenvalue weighted by Gasteiger charge is -2.16. The summed E-state index contributed by atoms with van der Waals surface area (Å²) in [6, 6.07) is 9.56. The van der Waals surface area contributed by atoms with E-state index in [4.69, 9.17) is 0 Å². The van der Waals surface area contributed by atoms with Gasteiger partial charge in [0.15, 0.2) is 0 Å². The molecule has 2 aromatic carbocycles. The summed E-state index contributed by atoms with van der Waals surface area (Å²) >= 11 is 0. The minimum absolute atomic E-state index is 0.0183. The van der Waals surface area contributed by atoms with Gasteiger partial charge in [-0.2, -0.15) is 4.31 Å². The Hall–Kier alpha value is -2.98. The topological polar surface area (TPSA) is 98.8 Å². The summed E-state index contributed by atoms with van der Waals surface area (Å²) in [6.07, 6.45) is 1.61. The van der Waals surface area contributed by atoms with Crippen molar-refractivity contribution in [2.45, 2.75) is 17.7 Å². The van der Waals surface area contributed by atoms with Gasteiger partial charge in [-0.3, -0.25) is 20.4 Å². The van der Waals surface area contributed by atoms with Crippen molar-refractivity contribution < 1.29 is 22.4 Å². The summed E-state index contributed by atoms with van der Waals surface area (Å²) in [6.45, 7) is 0.913. The van der Waals surface area contributed by atoms with Crippen LogP contribution in [0.2, 0.25) is 0 Å². The quantitative estimate of drug-likeness (QED) is 0.699. The summed E-state index contributed by atoms with van der Waals surface area (Å²) in [5.74, 6) is -1.96. The molecule has 1 fully saturated rings. The molecule has 0 spiro atoms. The average molecular weight is 434 g/mol. The second kappa shape index (κ2) is 8.80. The molecule has 160 valence electrons. The molecule has 2 N–H and O–H groups in total. The molecular formula is C20H23FN4O4S. The number of benzene rings is 2. The molecule has 0 bridgehead atoms. The third-order valence-corrected chi connectivity index (χ3v) is 6.67. The number of amides is 2. The van der Waals surface area contributed by atoms with Crippen molar-refractivity contribution >= 4 is 27.5 Å². The van der Waals surface area contributed by atoms with Crippen molar-refractivity contribution in [1.29, 1.82) is 0 Å². The Kier molecular flexibility index (Phi) is 6.37. The predicted octanol–water partition coefficient (Wildman–Crippen LogP) is 1.75. The van der Waals surface area contributed by atoms with Gasteiger partial charge in [-0.1, -0.05) is 6.07 Å². The maximum Gasteiger partial charge on any atom is 0.269 e. The van der Waals surface area contributed by atoms with E-state index in [-0.39, 0.29) is 16.0 Å². The molecule has 1 aliphatic rings. The average Bonchev–Trinajstić information content (AvgIpc) is 3.27. The van der Waals surface area contributed by atoms with Crippen LogP contribution < -0.4 is 15.8 Å². The molecule has 1 aliphatic heterocycles. The lowest BCUT2D eigenvalue weighted by Crippen LogP contribution is -2.41. The lowest BCUT2D eigenvalue weighted by atomic mass is 10.2. The van der Waals surface area contributed by atoms with Gasteiger partial charge in [-0.05, 0) is 49.2 Å². The number of hydrogen-bond acceptors (Lipinski definition) is 5. The van der Waals surface area contributed by atoms with Crippen LogP contribution in [0.5, 0.6) is 0 Å². The predicted molar refractivity (Wildman–Crippen MR) is 110 cm³/mol. The second-order valence-corrected chi connectivity index (χ2v) is 9.05. The van der Waals surface area contributed by atoms with E-state index >= 15 is 0 Å². The fraction of sp³-hybridized carbons (Fsp3) is 0.300. The van der Waals surface area contributed by atoms with Crippen molar-refractivity contribution in [2.75, 3.05) is 32.1 Å². The van der Waals surface area contributed by atoms with Gasteiger partial charge in [-0.15, -0.1) is 0 Å². The van der Waals surface area contributed by atoms with Gasteiger partial charge >= 0.3 is 0 Å². The van der Waals surface area contributed by atoms with Crippen LogP contribution in [0.25, 0.3) is 0 Å². The van der Waals surface area contributed by atoms with Gasteiger partial charge in [0.25, 0.3) is 11.8 Å². The zero-order valence-corrected chi connectivity index (χ0v) is 17.5. The highest BCUT2D eigenvalue weighted by Crippen LogP contribution is 2.21. The Labute approximate surface area is 174 Å². The number of rotatable bonds is 5. The highest BCUT2D eigenvalue weighted by Gasteiger charge is 2.27. The summed E-state index contributed by atoms with van der Waals surface area (Å²) in [5.41, 5.74) is 4.86. The van der Waals surface area contributed by atoms with Gasteiger partial charge in [0.2, 0.25) is 10.0 Å². The fourth-order valence-corrected chi connectivity index (χ4v) is 4.71. The highest BCUT2D eigenvalue weighted by atomic mass is 32.2. The molecule has 0 atom stereocenters. The Balaban J connectivity index is 1.68. The number of nitrogens with one attached hydrogen (secondary N) is 2. The molecule has 2 amide bonds. The molecule has 0 radical (unpaired) electrons. The van der Waals surface area contributed by atoms with Crippen LogP contribution in [0.4, 0.5) is 10.1 Å². The van der Waals surface area contributed by atoms with Crippen LogP contribution in [-0.2, 0) is 10.0 Å². The van der Waals surface area contributed by atoms with E-state index in [1.807, 2.05) is 0 Å². The maximum atomic E-state index is 14.0. The second-order valence-electron chi connectivity index (χ2n) is 7.11. The summed E-state index contributed by atoms with van der Waals surface area (Å²) < 4.78 is 40.7. The van der Waals surface area contributed by atoms with Crippen LogP contribution in [-0.4, -0.2) is 51.7 Å². The van der Waals surface area contributed by atoms with E-state index in [1.165, 1.54) is 40.7 Å². The Bertz CT molecular complexity index is 1070. The van der Waals surface area contributed by atoms with Gasteiger partial charge in [0.05, 0.1) is 10.6 Å². The van der Waals surface area contributed by atoms with Crippen LogP contribution >= 0.6 is 0 Å². The van der Waals surface area contributed by atoms with Crippen molar-refractivity contribution in [2.24, 2.45) is 0 Å². The Morgan fingerprint density at radius 2 is 1.57 bits per heavy atom. The summed E-state index contributed by atoms with van der Waals surface area (Å²) in [5, 5.41) is 0. The molecule has 8 nitrogen and oxygen atoms in total. The van der Waals surface area contributed by atoms with Crippen molar-refractivity contribution in [1.82, 2.24) is 15.2 Å². The first kappa shape index (κ1) is 21.7. The van der Waals surface area contributed by atoms with Crippen molar-refractivity contribution in [3.63, 3.8) is 0 Å². The molecule has 0 aromatic heterocycles. The van der Waals surface area contributed by atoms with Crippen LogP contribution in [0.3, 0.4) is 0 Å². The van der Waals surface area contributed by atoms with Crippen molar-refractivity contribution in [3.8, 4) is 0 Å². The SMILES string of the molecule is CN(C)c1ccc(C(=O)NNC(=O)c2cccc(S(=O)(=O)N3CCCC3)c2)cc1F. The number of hydrogen-bond donors (Lipinski definition) is 2. The zero-order chi connectivity index (χ0) is 21.9.